The zero-order valence-corrected chi connectivity index (χ0v) is 18.2. The summed E-state index contributed by atoms with van der Waals surface area (Å²) in [4.78, 5) is 9.50. The summed E-state index contributed by atoms with van der Waals surface area (Å²) in [6, 6.07) is 34.3. The van der Waals surface area contributed by atoms with E-state index >= 15 is 0 Å². The average molecular weight is 435 g/mol. The lowest BCUT2D eigenvalue weighted by atomic mass is 10.0. The predicted octanol–water partition coefficient (Wildman–Crippen LogP) is 7.29. The number of hydrogen-bond acceptors (Lipinski definition) is 2. The first-order valence-electron chi connectivity index (χ1n) is 11.4. The highest BCUT2D eigenvalue weighted by Crippen LogP contribution is 2.38. The molecule has 8 aromatic rings. The summed E-state index contributed by atoms with van der Waals surface area (Å²) < 4.78 is 4.67. The van der Waals surface area contributed by atoms with Gasteiger partial charge in [-0.2, -0.15) is 0 Å². The van der Waals surface area contributed by atoms with Crippen molar-refractivity contribution in [3.8, 4) is 5.69 Å². The zero-order valence-electron chi connectivity index (χ0n) is 18.2. The number of para-hydroxylation sites is 4. The van der Waals surface area contributed by atoms with Crippen LogP contribution in [-0.2, 0) is 0 Å². The molecule has 0 atom stereocenters. The molecule has 158 valence electrons. The smallest absolute Gasteiger partial charge is 0.146 e. The fourth-order valence-corrected chi connectivity index (χ4v) is 5.51. The van der Waals surface area contributed by atoms with E-state index in [4.69, 9.17) is 4.98 Å². The van der Waals surface area contributed by atoms with Crippen LogP contribution in [0, 0.1) is 0 Å². The van der Waals surface area contributed by atoms with E-state index in [9.17, 15) is 0 Å². The van der Waals surface area contributed by atoms with Gasteiger partial charge in [0.1, 0.15) is 5.65 Å². The standard InChI is InChI=1S/C30H18N4/c1-2-8-19(9-3-1)33-26-12-6-4-10-20(26)22-16-23-24-18-31-15-14-21(24)30-32-25-11-5-7-13-27(25)34(30)29(23)17-28(22)33/h1-18H. The van der Waals surface area contributed by atoms with Crippen LogP contribution in [0.4, 0.5) is 0 Å². The van der Waals surface area contributed by atoms with Crippen LogP contribution in [0.2, 0.25) is 0 Å². The third-order valence-corrected chi connectivity index (χ3v) is 6.96. The number of hydrogen-bond donors (Lipinski definition) is 0. The summed E-state index contributed by atoms with van der Waals surface area (Å²) in [5, 5.41) is 5.91. The second-order valence-electron chi connectivity index (χ2n) is 8.76. The van der Waals surface area contributed by atoms with Crippen molar-refractivity contribution in [1.29, 1.82) is 0 Å². The van der Waals surface area contributed by atoms with Crippen molar-refractivity contribution in [1.82, 2.24) is 18.9 Å². The first kappa shape index (κ1) is 17.8. The number of pyridine rings is 2. The van der Waals surface area contributed by atoms with E-state index in [1.165, 1.54) is 27.2 Å². The van der Waals surface area contributed by atoms with E-state index in [-0.39, 0.29) is 0 Å². The van der Waals surface area contributed by atoms with Crippen LogP contribution in [0.25, 0.3) is 65.8 Å². The lowest BCUT2D eigenvalue weighted by Crippen LogP contribution is -1.95. The number of fused-ring (bicyclic) bond motifs is 11. The first-order valence-corrected chi connectivity index (χ1v) is 11.4. The maximum Gasteiger partial charge on any atom is 0.146 e. The van der Waals surface area contributed by atoms with Gasteiger partial charge in [-0.3, -0.25) is 9.38 Å². The number of benzene rings is 4. The van der Waals surface area contributed by atoms with Gasteiger partial charge in [0.25, 0.3) is 0 Å². The van der Waals surface area contributed by atoms with E-state index in [0.29, 0.717) is 0 Å². The third-order valence-electron chi connectivity index (χ3n) is 6.96. The molecule has 0 aliphatic heterocycles. The second kappa shape index (κ2) is 6.42. The van der Waals surface area contributed by atoms with Gasteiger partial charge < -0.3 is 4.57 Å². The third kappa shape index (κ3) is 2.22. The van der Waals surface area contributed by atoms with Crippen LogP contribution in [0.1, 0.15) is 0 Å². The van der Waals surface area contributed by atoms with Crippen molar-refractivity contribution >= 4 is 60.2 Å². The number of imidazole rings is 1. The Hall–Kier alpha value is -4.70. The molecule has 8 rings (SSSR count). The molecule has 0 unspecified atom stereocenters. The van der Waals surface area contributed by atoms with Gasteiger partial charge >= 0.3 is 0 Å². The summed E-state index contributed by atoms with van der Waals surface area (Å²) >= 11 is 0. The van der Waals surface area contributed by atoms with Crippen LogP contribution in [0.5, 0.6) is 0 Å². The van der Waals surface area contributed by atoms with Crippen molar-refractivity contribution < 1.29 is 0 Å². The van der Waals surface area contributed by atoms with Gasteiger partial charge in [-0.1, -0.05) is 48.5 Å². The highest BCUT2D eigenvalue weighted by molar-refractivity contribution is 6.20. The van der Waals surface area contributed by atoms with E-state index < -0.39 is 0 Å². The predicted molar refractivity (Wildman–Crippen MR) is 140 cm³/mol. The minimum atomic E-state index is 0.966. The van der Waals surface area contributed by atoms with Crippen LogP contribution in [0.3, 0.4) is 0 Å². The van der Waals surface area contributed by atoms with E-state index in [2.05, 4.69) is 105 Å². The van der Waals surface area contributed by atoms with Gasteiger partial charge in [-0.15, -0.1) is 0 Å². The molecule has 0 radical (unpaired) electrons. The molecule has 4 heteroatoms. The molecule has 0 bridgehead atoms. The Morgan fingerprint density at radius 1 is 0.529 bits per heavy atom. The highest BCUT2D eigenvalue weighted by Gasteiger charge is 2.18. The van der Waals surface area contributed by atoms with E-state index in [0.717, 1.165) is 38.7 Å². The van der Waals surface area contributed by atoms with E-state index in [1.807, 2.05) is 18.5 Å². The number of rotatable bonds is 1. The lowest BCUT2D eigenvalue weighted by molar-refractivity contribution is 1.18. The normalized spacial score (nSPS) is 12.1. The van der Waals surface area contributed by atoms with Gasteiger partial charge in [0.05, 0.1) is 27.6 Å². The Kier molecular flexibility index (Phi) is 3.36. The van der Waals surface area contributed by atoms with Crippen molar-refractivity contribution in [2.24, 2.45) is 0 Å². The highest BCUT2D eigenvalue weighted by atomic mass is 15.0. The summed E-state index contributed by atoms with van der Waals surface area (Å²) in [7, 11) is 0. The molecule has 4 aromatic heterocycles. The molecule has 0 aliphatic rings. The molecular formula is C30H18N4. The minimum absolute atomic E-state index is 0.966. The van der Waals surface area contributed by atoms with Crippen LogP contribution >= 0.6 is 0 Å². The molecular weight excluding hydrogens is 416 g/mol. The fraction of sp³-hybridized carbons (Fsp3) is 0. The van der Waals surface area contributed by atoms with Gasteiger partial charge in [-0.25, -0.2) is 4.98 Å². The fourth-order valence-electron chi connectivity index (χ4n) is 5.51. The quantitative estimate of drug-likeness (QED) is 0.254. The van der Waals surface area contributed by atoms with Crippen molar-refractivity contribution in [3.05, 3.63) is 109 Å². The lowest BCUT2D eigenvalue weighted by Gasteiger charge is -2.11. The van der Waals surface area contributed by atoms with Gasteiger partial charge in [0.15, 0.2) is 0 Å². The van der Waals surface area contributed by atoms with Crippen LogP contribution in [0.15, 0.2) is 109 Å². The Labute approximate surface area is 194 Å². The second-order valence-corrected chi connectivity index (χ2v) is 8.76. The Bertz CT molecular complexity index is 2060. The molecule has 0 spiro atoms. The van der Waals surface area contributed by atoms with Crippen LogP contribution < -0.4 is 0 Å². The summed E-state index contributed by atoms with van der Waals surface area (Å²) in [5.74, 6) is 0. The molecule has 4 nitrogen and oxygen atoms in total. The molecule has 0 saturated carbocycles. The average Bonchev–Trinajstić information content (AvgIpc) is 3.44. The van der Waals surface area contributed by atoms with Gasteiger partial charge in [0, 0.05) is 45.0 Å². The summed E-state index contributed by atoms with van der Waals surface area (Å²) in [5.41, 5.74) is 7.75. The molecule has 0 saturated heterocycles. The largest absolute Gasteiger partial charge is 0.309 e. The van der Waals surface area contributed by atoms with Crippen molar-refractivity contribution in [3.63, 3.8) is 0 Å². The maximum atomic E-state index is 5.03. The molecule has 4 aromatic carbocycles. The van der Waals surface area contributed by atoms with Gasteiger partial charge in [0.2, 0.25) is 0 Å². The topological polar surface area (TPSA) is 35.1 Å². The summed E-state index contributed by atoms with van der Waals surface area (Å²) in [6.45, 7) is 0. The number of nitrogens with zero attached hydrogens (tertiary/aromatic N) is 4. The first-order chi connectivity index (χ1) is 16.9. The van der Waals surface area contributed by atoms with E-state index in [1.54, 1.807) is 0 Å². The maximum absolute atomic E-state index is 5.03. The molecule has 0 aliphatic carbocycles. The molecule has 0 amide bonds. The Balaban J connectivity index is 1.69. The molecule has 0 N–H and O–H groups in total. The molecule has 4 heterocycles. The molecule has 34 heavy (non-hydrogen) atoms. The minimum Gasteiger partial charge on any atom is -0.309 e. The van der Waals surface area contributed by atoms with Crippen molar-refractivity contribution in [2.45, 2.75) is 0 Å². The van der Waals surface area contributed by atoms with Crippen LogP contribution in [-0.4, -0.2) is 18.9 Å². The Morgan fingerprint density at radius 2 is 1.29 bits per heavy atom. The molecule has 0 fully saturated rings. The number of aromatic nitrogens is 4. The SMILES string of the molecule is c1ccc(-n2c3ccccc3c3cc4c5cnccc5c5nc6ccccc6n5c4cc32)cc1. The Morgan fingerprint density at radius 3 is 2.21 bits per heavy atom. The van der Waals surface area contributed by atoms with Gasteiger partial charge in [-0.05, 0) is 48.5 Å². The zero-order chi connectivity index (χ0) is 22.2. The summed E-state index contributed by atoms with van der Waals surface area (Å²) in [6.07, 6.45) is 3.83. The van der Waals surface area contributed by atoms with Crippen molar-refractivity contribution in [2.75, 3.05) is 0 Å². The monoisotopic (exact) mass is 434 g/mol.